The SMILES string of the molecule is CCOC(CCN(C)C(=O)c1cc(S(=O)(=O)N(C)CCC(OCC)OCC)c2ccc3c(S(=O)N(C)CCC(OCC)OCC)cc(N)c4ccc1c2c43)OCC. The number of anilines is 1. The second-order valence-corrected chi connectivity index (χ2v) is 17.1. The number of hydrogen-bond donors (Lipinski definition) is 1. The van der Waals surface area contributed by atoms with Crippen LogP contribution in [0.1, 0.15) is 71.2 Å². The van der Waals surface area contributed by atoms with Gasteiger partial charge in [-0.05, 0) is 64.4 Å². The Bertz CT molecular complexity index is 2030. The highest BCUT2D eigenvalue weighted by molar-refractivity contribution is 7.89. The first-order valence-electron chi connectivity index (χ1n) is 19.9. The van der Waals surface area contributed by atoms with Crippen LogP contribution in [0.3, 0.4) is 0 Å². The monoisotopic (exact) mass is 834 g/mol. The molecule has 0 fully saturated rings. The molecule has 0 aliphatic carbocycles. The van der Waals surface area contributed by atoms with Gasteiger partial charge < -0.3 is 39.1 Å². The molecule has 0 aliphatic rings. The Kier molecular flexibility index (Phi) is 17.9. The van der Waals surface area contributed by atoms with E-state index in [1.54, 1.807) is 41.5 Å². The van der Waals surface area contributed by atoms with Gasteiger partial charge in [0.2, 0.25) is 10.0 Å². The van der Waals surface area contributed by atoms with E-state index in [-0.39, 0.29) is 22.9 Å². The van der Waals surface area contributed by atoms with Crippen molar-refractivity contribution in [2.24, 2.45) is 0 Å². The molecule has 4 rings (SSSR count). The molecule has 1 unspecified atom stereocenters. The molecule has 4 aromatic carbocycles. The zero-order valence-electron chi connectivity index (χ0n) is 35.0. The van der Waals surface area contributed by atoms with Crippen LogP contribution in [0.25, 0.3) is 32.3 Å². The van der Waals surface area contributed by atoms with Crippen molar-refractivity contribution in [3.8, 4) is 0 Å². The lowest BCUT2D eigenvalue weighted by molar-refractivity contribution is -0.140. The number of nitrogens with zero attached hydrogens (tertiary/aromatic N) is 3. The van der Waals surface area contributed by atoms with Gasteiger partial charge in [0, 0.05) is 132 Å². The molecule has 0 saturated heterocycles. The summed E-state index contributed by atoms with van der Waals surface area (Å²) >= 11 is 0. The summed E-state index contributed by atoms with van der Waals surface area (Å²) in [6.45, 7) is 14.8. The summed E-state index contributed by atoms with van der Waals surface area (Å²) in [6.07, 6.45) is -0.306. The molecule has 1 atom stereocenters. The quantitative estimate of drug-likeness (QED) is 0.0438. The van der Waals surface area contributed by atoms with Crippen LogP contribution in [0.2, 0.25) is 0 Å². The first-order valence-corrected chi connectivity index (χ1v) is 22.4. The minimum atomic E-state index is -4.20. The van der Waals surface area contributed by atoms with Crippen LogP contribution in [0.4, 0.5) is 5.69 Å². The van der Waals surface area contributed by atoms with E-state index in [1.807, 2.05) is 53.7 Å². The summed E-state index contributed by atoms with van der Waals surface area (Å²) < 4.78 is 80.8. The van der Waals surface area contributed by atoms with Gasteiger partial charge in [-0.25, -0.2) is 21.2 Å². The zero-order valence-corrected chi connectivity index (χ0v) is 36.6. The van der Waals surface area contributed by atoms with Crippen molar-refractivity contribution in [3.63, 3.8) is 0 Å². The Morgan fingerprint density at radius 1 is 0.649 bits per heavy atom. The highest BCUT2D eigenvalue weighted by Crippen LogP contribution is 2.43. The highest BCUT2D eigenvalue weighted by Gasteiger charge is 2.31. The third-order valence-corrected chi connectivity index (χ3v) is 13.1. The van der Waals surface area contributed by atoms with Crippen LogP contribution in [0, 0.1) is 0 Å². The second-order valence-electron chi connectivity index (χ2n) is 13.5. The molecule has 1 amide bonds. The summed E-state index contributed by atoms with van der Waals surface area (Å²) in [5.41, 5.74) is 7.30. The summed E-state index contributed by atoms with van der Waals surface area (Å²) in [5.74, 6) is -0.374. The molecule has 14 nitrogen and oxygen atoms in total. The van der Waals surface area contributed by atoms with Gasteiger partial charge >= 0.3 is 0 Å². The number of ether oxygens (including phenoxy) is 6. The van der Waals surface area contributed by atoms with E-state index >= 15 is 0 Å². The Morgan fingerprint density at radius 3 is 1.61 bits per heavy atom. The van der Waals surface area contributed by atoms with Crippen LogP contribution >= 0.6 is 0 Å². The van der Waals surface area contributed by atoms with Crippen molar-refractivity contribution < 1.29 is 45.8 Å². The average molecular weight is 835 g/mol. The van der Waals surface area contributed by atoms with Gasteiger partial charge in [-0.15, -0.1) is 0 Å². The van der Waals surface area contributed by atoms with Crippen molar-refractivity contribution in [2.75, 3.05) is 86.2 Å². The van der Waals surface area contributed by atoms with Gasteiger partial charge in [-0.2, -0.15) is 0 Å². The molecule has 57 heavy (non-hydrogen) atoms. The number of amides is 1. The fourth-order valence-corrected chi connectivity index (χ4v) is 9.56. The first-order chi connectivity index (χ1) is 27.3. The van der Waals surface area contributed by atoms with Crippen LogP contribution in [0.15, 0.2) is 46.2 Å². The molecule has 318 valence electrons. The van der Waals surface area contributed by atoms with E-state index in [4.69, 9.17) is 34.2 Å². The van der Waals surface area contributed by atoms with Gasteiger partial charge in [-0.3, -0.25) is 4.79 Å². The van der Waals surface area contributed by atoms with Gasteiger partial charge in [0.05, 0.1) is 9.79 Å². The van der Waals surface area contributed by atoms with E-state index in [0.29, 0.717) is 115 Å². The number of nitrogens with two attached hydrogens (primary N) is 1. The van der Waals surface area contributed by atoms with Crippen LogP contribution in [-0.4, -0.2) is 131 Å². The number of carbonyl (C=O) groups is 1. The molecule has 0 radical (unpaired) electrons. The molecule has 0 aromatic heterocycles. The molecule has 16 heteroatoms. The molecule has 2 N–H and O–H groups in total. The Hall–Kier alpha value is -3.03. The van der Waals surface area contributed by atoms with Crippen LogP contribution in [-0.2, 0) is 49.4 Å². The van der Waals surface area contributed by atoms with Crippen molar-refractivity contribution >= 4 is 64.9 Å². The van der Waals surface area contributed by atoms with Crippen LogP contribution in [0.5, 0.6) is 0 Å². The van der Waals surface area contributed by atoms with E-state index in [0.717, 1.165) is 0 Å². The molecular formula is C41H62N4O10S2. The first kappa shape index (κ1) is 46.7. The van der Waals surface area contributed by atoms with Crippen LogP contribution < -0.4 is 5.73 Å². The minimum absolute atomic E-state index is 0.0327. The van der Waals surface area contributed by atoms with Crippen molar-refractivity contribution in [1.29, 1.82) is 0 Å². The predicted molar refractivity (Wildman–Crippen MR) is 225 cm³/mol. The molecular weight excluding hydrogens is 773 g/mol. The number of sulfonamides is 1. The summed E-state index contributed by atoms with van der Waals surface area (Å²) in [7, 11) is -0.931. The Labute approximate surface area is 340 Å². The fourth-order valence-electron chi connectivity index (χ4n) is 6.97. The Balaban J connectivity index is 1.90. The fraction of sp³-hybridized carbons (Fsp3) is 0.585. The lowest BCUT2D eigenvalue weighted by Crippen LogP contribution is -2.33. The maximum absolute atomic E-state index is 14.6. The van der Waals surface area contributed by atoms with Gasteiger partial charge in [0.25, 0.3) is 5.91 Å². The van der Waals surface area contributed by atoms with E-state index < -0.39 is 39.9 Å². The van der Waals surface area contributed by atoms with Crippen molar-refractivity contribution in [2.45, 2.75) is 89.5 Å². The summed E-state index contributed by atoms with van der Waals surface area (Å²) in [6, 6.07) is 10.4. The standard InChI is InChI=1S/C41H62N4O10S2/c1-10-50-36(51-11-2)20-23-43(7)41(46)32-26-35(57(48,49)45(9)25-22-38(54-14-5)55-15-6)31-19-18-30-34(27-33(42)29-17-16-28(32)39(31)40(29)30)56(47)44(8)24-21-37(52-12-3)53-13-4/h16-19,26-27,36-38H,10-15,20-25,42H2,1-9H3. The zero-order chi connectivity index (χ0) is 41.9. The van der Waals surface area contributed by atoms with Crippen molar-refractivity contribution in [3.05, 3.63) is 42.0 Å². The topological polar surface area (TPSA) is 159 Å². The van der Waals surface area contributed by atoms with E-state index in [1.165, 1.54) is 17.4 Å². The van der Waals surface area contributed by atoms with Gasteiger partial charge in [-0.1, -0.05) is 24.3 Å². The Morgan fingerprint density at radius 2 is 1.09 bits per heavy atom. The molecule has 0 saturated carbocycles. The third-order valence-electron chi connectivity index (χ3n) is 9.77. The molecule has 0 heterocycles. The third kappa shape index (κ3) is 11.0. The normalized spacial score (nSPS) is 13.2. The molecule has 4 aromatic rings. The lowest BCUT2D eigenvalue weighted by atomic mass is 9.91. The molecule has 0 spiro atoms. The summed E-state index contributed by atoms with van der Waals surface area (Å²) in [5, 5.41) is 3.42. The minimum Gasteiger partial charge on any atom is -0.398 e. The molecule has 0 aliphatic heterocycles. The average Bonchev–Trinajstić information content (AvgIpc) is 3.19. The smallest absolute Gasteiger partial charge is 0.254 e. The summed E-state index contributed by atoms with van der Waals surface area (Å²) in [4.78, 5) is 16.5. The maximum atomic E-state index is 14.6. The lowest BCUT2D eigenvalue weighted by Gasteiger charge is -2.26. The number of nitrogen functional groups attached to an aromatic ring is 1. The number of benzene rings is 4. The highest BCUT2D eigenvalue weighted by atomic mass is 32.2. The van der Waals surface area contributed by atoms with Crippen molar-refractivity contribution in [1.82, 2.24) is 13.5 Å². The second kappa shape index (κ2) is 21.8. The van der Waals surface area contributed by atoms with E-state index in [9.17, 15) is 17.4 Å². The van der Waals surface area contributed by atoms with Gasteiger partial charge in [0.15, 0.2) is 18.9 Å². The molecule has 0 bridgehead atoms. The number of rotatable bonds is 26. The number of carbonyl (C=O) groups excluding carboxylic acids is 1. The largest absolute Gasteiger partial charge is 0.398 e. The maximum Gasteiger partial charge on any atom is 0.254 e. The van der Waals surface area contributed by atoms with Gasteiger partial charge in [0.1, 0.15) is 11.0 Å². The predicted octanol–water partition coefficient (Wildman–Crippen LogP) is 6.18. The van der Waals surface area contributed by atoms with E-state index in [2.05, 4.69) is 0 Å². The number of hydrogen-bond acceptors (Lipinski definition) is 11.